The number of hydrogen-bond acceptors (Lipinski definition) is 3. The Morgan fingerprint density at radius 1 is 1.54 bits per heavy atom. The van der Waals surface area contributed by atoms with Crippen molar-refractivity contribution in [2.24, 2.45) is 5.92 Å². The Hall–Kier alpha value is -0.830. The summed E-state index contributed by atoms with van der Waals surface area (Å²) in [6, 6.07) is 0. The number of hydrogen-bond donors (Lipinski definition) is 0. The molecule has 0 N–H and O–H groups in total. The first-order valence-electron chi connectivity index (χ1n) is 4.57. The van der Waals surface area contributed by atoms with Gasteiger partial charge in [0.2, 0.25) is 0 Å². The molecule has 3 heteroatoms. The Labute approximate surface area is 78.7 Å². The van der Waals surface area contributed by atoms with Crippen molar-refractivity contribution in [3.05, 3.63) is 12.2 Å². The van der Waals surface area contributed by atoms with Crippen LogP contribution >= 0.6 is 0 Å². The van der Waals surface area contributed by atoms with Crippen molar-refractivity contribution >= 4 is 5.97 Å². The number of rotatable bonds is 3. The third-order valence-electron chi connectivity index (χ3n) is 2.37. The van der Waals surface area contributed by atoms with Crippen LogP contribution in [0.3, 0.4) is 0 Å². The van der Waals surface area contributed by atoms with E-state index in [0.717, 1.165) is 19.3 Å². The van der Waals surface area contributed by atoms with E-state index in [9.17, 15) is 4.79 Å². The van der Waals surface area contributed by atoms with Crippen molar-refractivity contribution in [2.75, 3.05) is 14.2 Å². The Bertz CT molecular complexity index is 198. The molecule has 0 spiro atoms. The van der Waals surface area contributed by atoms with E-state index in [2.05, 4.69) is 16.9 Å². The summed E-state index contributed by atoms with van der Waals surface area (Å²) < 4.78 is 9.78. The molecule has 0 saturated carbocycles. The first-order chi connectivity index (χ1) is 6.29. The summed E-state index contributed by atoms with van der Waals surface area (Å²) in [7, 11) is 2.94. The van der Waals surface area contributed by atoms with E-state index >= 15 is 0 Å². The zero-order chi connectivity index (χ0) is 9.68. The molecule has 0 amide bonds. The highest BCUT2D eigenvalue weighted by molar-refractivity contribution is 5.75. The van der Waals surface area contributed by atoms with Crippen molar-refractivity contribution in [3.8, 4) is 0 Å². The fourth-order valence-corrected chi connectivity index (χ4v) is 1.65. The lowest BCUT2D eigenvalue weighted by atomic mass is 9.91. The molecular formula is C10H16O3. The molecule has 3 nitrogen and oxygen atoms in total. The van der Waals surface area contributed by atoms with Crippen LogP contribution in [-0.4, -0.2) is 26.3 Å². The molecule has 1 aliphatic rings. The monoisotopic (exact) mass is 184 g/mol. The van der Waals surface area contributed by atoms with Crippen LogP contribution in [0.5, 0.6) is 0 Å². The second kappa shape index (κ2) is 5.02. The molecule has 2 atom stereocenters. The van der Waals surface area contributed by atoms with Crippen LogP contribution in [0, 0.1) is 5.92 Å². The maximum absolute atomic E-state index is 11.3. The summed E-state index contributed by atoms with van der Waals surface area (Å²) in [6.07, 6.45) is 6.95. The maximum Gasteiger partial charge on any atom is 0.335 e. The van der Waals surface area contributed by atoms with Gasteiger partial charge in [0.1, 0.15) is 0 Å². The molecule has 1 rings (SSSR count). The van der Waals surface area contributed by atoms with E-state index in [-0.39, 0.29) is 11.9 Å². The standard InChI is InChI=1S/C10H16O3/c1-12-9(10(11)13-2)8-6-4-3-5-7-8/h4,6,8-9H,3,5,7H2,1-2H3. The molecule has 0 aromatic carbocycles. The van der Waals surface area contributed by atoms with E-state index in [4.69, 9.17) is 4.74 Å². The van der Waals surface area contributed by atoms with Crippen molar-refractivity contribution in [1.82, 2.24) is 0 Å². The predicted molar refractivity (Wildman–Crippen MR) is 49.3 cm³/mol. The molecule has 0 saturated heterocycles. The number of esters is 1. The third kappa shape index (κ3) is 2.56. The van der Waals surface area contributed by atoms with Crippen molar-refractivity contribution in [3.63, 3.8) is 0 Å². The van der Waals surface area contributed by atoms with Gasteiger partial charge in [0.15, 0.2) is 6.10 Å². The Morgan fingerprint density at radius 2 is 2.31 bits per heavy atom. The van der Waals surface area contributed by atoms with Gasteiger partial charge in [-0.3, -0.25) is 0 Å². The largest absolute Gasteiger partial charge is 0.467 e. The van der Waals surface area contributed by atoms with Gasteiger partial charge in [0, 0.05) is 13.0 Å². The smallest absolute Gasteiger partial charge is 0.335 e. The van der Waals surface area contributed by atoms with Gasteiger partial charge in [-0.2, -0.15) is 0 Å². The highest BCUT2D eigenvalue weighted by Gasteiger charge is 2.27. The quantitative estimate of drug-likeness (QED) is 0.493. The predicted octanol–water partition coefficient (Wildman–Crippen LogP) is 1.53. The van der Waals surface area contributed by atoms with E-state index in [1.807, 2.05) is 0 Å². The lowest BCUT2D eigenvalue weighted by molar-refractivity contribution is -0.154. The third-order valence-corrected chi connectivity index (χ3v) is 2.37. The fraction of sp³-hybridized carbons (Fsp3) is 0.700. The molecule has 0 heterocycles. The zero-order valence-electron chi connectivity index (χ0n) is 8.16. The summed E-state index contributed by atoms with van der Waals surface area (Å²) in [5.74, 6) is -0.0924. The van der Waals surface area contributed by atoms with E-state index in [1.165, 1.54) is 7.11 Å². The second-order valence-corrected chi connectivity index (χ2v) is 3.20. The van der Waals surface area contributed by atoms with Crippen LogP contribution in [0.25, 0.3) is 0 Å². The number of ether oxygens (including phenoxy) is 2. The van der Waals surface area contributed by atoms with Gasteiger partial charge in [-0.25, -0.2) is 4.79 Å². The SMILES string of the molecule is COC(=O)C(OC)C1C=CCCC1. The molecule has 2 unspecified atom stereocenters. The van der Waals surface area contributed by atoms with Crippen molar-refractivity contribution < 1.29 is 14.3 Å². The van der Waals surface area contributed by atoms with Crippen LogP contribution in [0.15, 0.2) is 12.2 Å². The highest BCUT2D eigenvalue weighted by Crippen LogP contribution is 2.22. The minimum atomic E-state index is -0.429. The lowest BCUT2D eigenvalue weighted by Gasteiger charge is -2.23. The maximum atomic E-state index is 11.3. The summed E-state index contributed by atoms with van der Waals surface area (Å²) in [5.41, 5.74) is 0. The van der Waals surface area contributed by atoms with Gasteiger partial charge in [0.05, 0.1) is 7.11 Å². The Morgan fingerprint density at radius 3 is 2.77 bits per heavy atom. The molecule has 0 fully saturated rings. The molecule has 0 radical (unpaired) electrons. The molecule has 0 aliphatic heterocycles. The van der Waals surface area contributed by atoms with Gasteiger partial charge in [-0.15, -0.1) is 0 Å². The number of allylic oxidation sites excluding steroid dienone is 1. The molecule has 0 aromatic rings. The van der Waals surface area contributed by atoms with E-state index in [0.29, 0.717) is 0 Å². The van der Waals surface area contributed by atoms with Gasteiger partial charge in [-0.05, 0) is 19.3 Å². The summed E-state index contributed by atoms with van der Waals surface area (Å²) >= 11 is 0. The molecular weight excluding hydrogens is 168 g/mol. The Balaban J connectivity index is 2.59. The van der Waals surface area contributed by atoms with Gasteiger partial charge in [-0.1, -0.05) is 12.2 Å². The van der Waals surface area contributed by atoms with Crippen molar-refractivity contribution in [2.45, 2.75) is 25.4 Å². The van der Waals surface area contributed by atoms with E-state index < -0.39 is 6.10 Å². The molecule has 0 aromatic heterocycles. The summed E-state index contributed by atoms with van der Waals surface area (Å²) in [4.78, 5) is 11.3. The highest BCUT2D eigenvalue weighted by atomic mass is 16.6. The zero-order valence-corrected chi connectivity index (χ0v) is 8.16. The van der Waals surface area contributed by atoms with Crippen molar-refractivity contribution in [1.29, 1.82) is 0 Å². The number of carbonyl (C=O) groups is 1. The van der Waals surface area contributed by atoms with Gasteiger partial charge >= 0.3 is 5.97 Å². The average Bonchev–Trinajstić information content (AvgIpc) is 2.20. The first-order valence-corrected chi connectivity index (χ1v) is 4.57. The minimum Gasteiger partial charge on any atom is -0.467 e. The Kier molecular flexibility index (Phi) is 3.96. The minimum absolute atomic E-state index is 0.186. The average molecular weight is 184 g/mol. The van der Waals surface area contributed by atoms with Gasteiger partial charge < -0.3 is 9.47 Å². The van der Waals surface area contributed by atoms with Crippen LogP contribution in [0.1, 0.15) is 19.3 Å². The topological polar surface area (TPSA) is 35.5 Å². The number of methoxy groups -OCH3 is 2. The lowest BCUT2D eigenvalue weighted by Crippen LogP contribution is -2.32. The van der Waals surface area contributed by atoms with Gasteiger partial charge in [0.25, 0.3) is 0 Å². The van der Waals surface area contributed by atoms with Crippen LogP contribution in [0.4, 0.5) is 0 Å². The number of carbonyl (C=O) groups excluding carboxylic acids is 1. The molecule has 13 heavy (non-hydrogen) atoms. The van der Waals surface area contributed by atoms with Crippen LogP contribution in [0.2, 0.25) is 0 Å². The second-order valence-electron chi connectivity index (χ2n) is 3.20. The first kappa shape index (κ1) is 10.3. The summed E-state index contributed by atoms with van der Waals surface area (Å²) in [6.45, 7) is 0. The van der Waals surface area contributed by atoms with Crippen LogP contribution < -0.4 is 0 Å². The van der Waals surface area contributed by atoms with Crippen LogP contribution in [-0.2, 0) is 14.3 Å². The molecule has 0 bridgehead atoms. The molecule has 74 valence electrons. The fourth-order valence-electron chi connectivity index (χ4n) is 1.65. The summed E-state index contributed by atoms with van der Waals surface area (Å²) in [5, 5.41) is 0. The molecule has 1 aliphatic carbocycles. The normalized spacial score (nSPS) is 24.0. The van der Waals surface area contributed by atoms with E-state index in [1.54, 1.807) is 7.11 Å².